The fraction of sp³-hybridized carbons (Fsp3) is 0.167. The molecule has 0 radical (unpaired) electrons. The van der Waals surface area contributed by atoms with Gasteiger partial charge in [0.15, 0.2) is 0 Å². The summed E-state index contributed by atoms with van der Waals surface area (Å²) in [7, 11) is 0. The molecule has 0 bridgehead atoms. The van der Waals surface area contributed by atoms with E-state index in [9.17, 15) is 10.1 Å². The minimum atomic E-state index is -0.236. The van der Waals surface area contributed by atoms with Crippen molar-refractivity contribution in [1.29, 1.82) is 5.26 Å². The van der Waals surface area contributed by atoms with Gasteiger partial charge < -0.3 is 16.4 Å². The molecule has 1 aromatic heterocycles. The molecule has 1 amide bonds. The van der Waals surface area contributed by atoms with E-state index < -0.39 is 0 Å². The maximum Gasteiger partial charge on any atom is 0.221 e. The fourth-order valence-corrected chi connectivity index (χ4v) is 5.03. The molecule has 2 heterocycles. The smallest absolute Gasteiger partial charge is 0.221 e. The van der Waals surface area contributed by atoms with Gasteiger partial charge in [-0.2, -0.15) is 5.26 Å². The highest BCUT2D eigenvalue weighted by molar-refractivity contribution is 14.2. The van der Waals surface area contributed by atoms with Crippen LogP contribution in [0.15, 0.2) is 32.5 Å². The van der Waals surface area contributed by atoms with E-state index in [1.807, 2.05) is 23.2 Å². The quantitative estimate of drug-likeness (QED) is 0.436. The number of nitriles is 1. The van der Waals surface area contributed by atoms with Crippen LogP contribution in [-0.4, -0.2) is 26.6 Å². The number of carbonyl (C=O) groups is 1. The molecule has 138 valence electrons. The van der Waals surface area contributed by atoms with Crippen molar-refractivity contribution >= 4 is 60.2 Å². The third-order valence-electron chi connectivity index (χ3n) is 3.80. The van der Waals surface area contributed by atoms with Crippen LogP contribution in [0, 0.1) is 18.3 Å². The monoisotopic (exact) mass is 492 g/mol. The van der Waals surface area contributed by atoms with E-state index in [0.717, 1.165) is 27.6 Å². The Kier molecular flexibility index (Phi) is 6.08. The maximum atomic E-state index is 11.2. The van der Waals surface area contributed by atoms with Crippen LogP contribution in [0.25, 0.3) is 11.1 Å². The standard InChI is InChI=1S/C18H17IN6OS/c1-10-16(12-3-5-13(6-4-12)23-11(2)26)14(7-20)17(21)24-18(10)27-8-15-22-9-19-25-15/h3-6,9H,8H2,1-2H3,(H2,21,24)(H,22,25)(H,23,26). The first-order valence-electron chi connectivity index (χ1n) is 7.98. The van der Waals surface area contributed by atoms with Gasteiger partial charge in [-0.05, 0) is 30.2 Å². The van der Waals surface area contributed by atoms with E-state index in [4.69, 9.17) is 5.73 Å². The average molecular weight is 492 g/mol. The molecule has 27 heavy (non-hydrogen) atoms. The summed E-state index contributed by atoms with van der Waals surface area (Å²) in [6.45, 7) is 3.40. The van der Waals surface area contributed by atoms with Crippen LogP contribution in [0.5, 0.6) is 0 Å². The number of amidine groups is 1. The number of amides is 1. The fourth-order valence-electron chi connectivity index (χ4n) is 2.61. The molecule has 0 unspecified atom stereocenters. The second-order valence-electron chi connectivity index (χ2n) is 5.72. The number of aromatic nitrogens is 1. The SMILES string of the molecule is CC(=O)Nc1ccc(-c2c(C)c(SCC3=NI=CN3)nc(N)c2C#N)cc1. The van der Waals surface area contributed by atoms with Crippen molar-refractivity contribution < 1.29 is 4.79 Å². The third-order valence-corrected chi connectivity index (χ3v) is 6.34. The van der Waals surface area contributed by atoms with Gasteiger partial charge in [0.05, 0.1) is 9.89 Å². The average Bonchev–Trinajstić information content (AvgIpc) is 3.15. The minimum Gasteiger partial charge on any atom is -0.383 e. The second kappa shape index (κ2) is 8.49. The maximum absolute atomic E-state index is 11.2. The van der Waals surface area contributed by atoms with E-state index >= 15 is 0 Å². The Balaban J connectivity index is 1.97. The zero-order chi connectivity index (χ0) is 19.4. The zero-order valence-corrected chi connectivity index (χ0v) is 17.7. The Morgan fingerprint density at radius 2 is 2.15 bits per heavy atom. The first kappa shape index (κ1) is 19.3. The Hall–Kier alpha value is -2.45. The highest BCUT2D eigenvalue weighted by Crippen LogP contribution is 2.36. The molecule has 7 nitrogen and oxygen atoms in total. The Morgan fingerprint density at radius 3 is 2.74 bits per heavy atom. The normalized spacial score (nSPS) is 12.6. The van der Waals surface area contributed by atoms with E-state index in [-0.39, 0.29) is 32.7 Å². The van der Waals surface area contributed by atoms with E-state index in [1.54, 1.807) is 23.9 Å². The molecule has 2 aromatic rings. The van der Waals surface area contributed by atoms with Gasteiger partial charge in [-0.15, -0.1) is 0 Å². The minimum absolute atomic E-state index is 0.133. The number of nitrogens with zero attached hydrogens (tertiary/aromatic N) is 3. The molecule has 0 saturated heterocycles. The first-order chi connectivity index (χ1) is 13.0. The van der Waals surface area contributed by atoms with Gasteiger partial charge in [0.1, 0.15) is 28.3 Å². The molecule has 0 saturated carbocycles. The summed E-state index contributed by atoms with van der Waals surface area (Å²) in [4.78, 5) is 15.6. The van der Waals surface area contributed by atoms with Crippen molar-refractivity contribution in [3.63, 3.8) is 0 Å². The summed E-state index contributed by atoms with van der Waals surface area (Å²) in [5.41, 5.74) is 9.64. The van der Waals surface area contributed by atoms with Crippen molar-refractivity contribution in [2.75, 3.05) is 16.8 Å². The van der Waals surface area contributed by atoms with Gasteiger partial charge in [0.25, 0.3) is 0 Å². The number of carbonyl (C=O) groups excluding carboxylic acids is 1. The van der Waals surface area contributed by atoms with Gasteiger partial charge >= 0.3 is 0 Å². The first-order valence-corrected chi connectivity index (χ1v) is 11.2. The molecular formula is C18H17IN6OS. The highest BCUT2D eigenvalue weighted by atomic mass is 127. The molecule has 1 aromatic carbocycles. The van der Waals surface area contributed by atoms with Gasteiger partial charge in [0, 0.05) is 39.2 Å². The van der Waals surface area contributed by atoms with Crippen molar-refractivity contribution in [1.82, 2.24) is 10.3 Å². The molecule has 0 fully saturated rings. The number of thioether (sulfide) groups is 1. The molecular weight excluding hydrogens is 475 g/mol. The topological polar surface area (TPSA) is 116 Å². The molecule has 9 heteroatoms. The summed E-state index contributed by atoms with van der Waals surface area (Å²) in [6.07, 6.45) is 0. The van der Waals surface area contributed by atoms with Gasteiger partial charge in [0.2, 0.25) is 5.91 Å². The summed E-state index contributed by atoms with van der Waals surface area (Å²) < 4.78 is 6.45. The van der Waals surface area contributed by atoms with Crippen LogP contribution in [0.1, 0.15) is 18.1 Å². The van der Waals surface area contributed by atoms with Crippen molar-refractivity contribution in [3.8, 4) is 17.2 Å². The Bertz CT molecular complexity index is 994. The molecule has 0 atom stereocenters. The van der Waals surface area contributed by atoms with Crippen molar-refractivity contribution in [3.05, 3.63) is 35.4 Å². The molecule has 3 rings (SSSR count). The van der Waals surface area contributed by atoms with E-state index in [2.05, 4.69) is 24.9 Å². The largest absolute Gasteiger partial charge is 0.383 e. The lowest BCUT2D eigenvalue weighted by molar-refractivity contribution is -0.114. The number of rotatable bonds is 5. The number of benzene rings is 1. The van der Waals surface area contributed by atoms with Crippen LogP contribution in [0.4, 0.5) is 11.5 Å². The van der Waals surface area contributed by atoms with Crippen LogP contribution < -0.4 is 16.4 Å². The predicted molar refractivity (Wildman–Crippen MR) is 119 cm³/mol. The van der Waals surface area contributed by atoms with Crippen LogP contribution in [0.2, 0.25) is 0 Å². The van der Waals surface area contributed by atoms with E-state index in [1.165, 1.54) is 6.92 Å². The zero-order valence-electron chi connectivity index (χ0n) is 14.7. The summed E-state index contributed by atoms with van der Waals surface area (Å²) >= 11 is 1.31. The number of nitrogens with one attached hydrogen (secondary N) is 2. The summed E-state index contributed by atoms with van der Waals surface area (Å²) in [5.74, 6) is 1.70. The van der Waals surface area contributed by atoms with Crippen LogP contribution in [-0.2, 0) is 4.79 Å². The number of halogens is 1. The van der Waals surface area contributed by atoms with Gasteiger partial charge in [-0.25, -0.2) is 8.19 Å². The number of nitrogens with two attached hydrogens (primary N) is 1. The number of nitrogen functional groups attached to an aromatic ring is 1. The molecule has 0 spiro atoms. The second-order valence-corrected chi connectivity index (χ2v) is 8.34. The number of anilines is 2. The molecule has 1 aliphatic rings. The number of pyridine rings is 1. The van der Waals surface area contributed by atoms with Gasteiger partial charge in [-0.1, -0.05) is 23.9 Å². The predicted octanol–water partition coefficient (Wildman–Crippen LogP) is 3.21. The van der Waals surface area contributed by atoms with Gasteiger partial charge in [-0.3, -0.25) is 4.79 Å². The number of hydrogen-bond acceptors (Lipinski definition) is 7. The Morgan fingerprint density at radius 1 is 1.41 bits per heavy atom. The van der Waals surface area contributed by atoms with Crippen LogP contribution in [0.3, 0.4) is 0 Å². The highest BCUT2D eigenvalue weighted by Gasteiger charge is 2.18. The summed E-state index contributed by atoms with van der Waals surface area (Å²) in [5, 5.41) is 16.3. The van der Waals surface area contributed by atoms with E-state index in [0.29, 0.717) is 17.0 Å². The lowest BCUT2D eigenvalue weighted by atomic mass is 9.97. The van der Waals surface area contributed by atoms with Crippen molar-refractivity contribution in [2.24, 2.45) is 3.21 Å². The Labute approximate surface area is 171 Å². The van der Waals surface area contributed by atoms with Crippen LogP contribution >= 0.6 is 32.8 Å². The molecule has 4 N–H and O–H groups in total. The molecule has 0 aliphatic carbocycles. The third kappa shape index (κ3) is 4.45. The lowest BCUT2D eigenvalue weighted by Gasteiger charge is -2.15. The molecule has 1 aliphatic heterocycles. The number of hydrogen-bond donors (Lipinski definition) is 3. The summed E-state index contributed by atoms with van der Waals surface area (Å²) in [6, 6.07) is 9.51. The van der Waals surface area contributed by atoms with Crippen molar-refractivity contribution in [2.45, 2.75) is 18.9 Å². The lowest BCUT2D eigenvalue weighted by Crippen LogP contribution is -2.19.